The average Bonchev–Trinajstić information content (AvgIpc) is 3.08. The summed E-state index contributed by atoms with van der Waals surface area (Å²) in [6.45, 7) is 2.62. The summed E-state index contributed by atoms with van der Waals surface area (Å²) < 4.78 is 13.9. The van der Waals surface area contributed by atoms with Crippen LogP contribution in [0.15, 0.2) is 68.4 Å². The van der Waals surface area contributed by atoms with Crippen LogP contribution >= 0.6 is 79.0 Å². The molecule has 0 N–H and O–H groups in total. The molecule has 1 fully saturated rings. The van der Waals surface area contributed by atoms with Crippen LogP contribution in [0.25, 0.3) is 6.08 Å². The van der Waals surface area contributed by atoms with E-state index in [0.717, 1.165) is 15.6 Å². The molecular weight excluding hydrogens is 657 g/mol. The number of rotatable bonds is 7. The second kappa shape index (κ2) is 11.7. The van der Waals surface area contributed by atoms with E-state index in [1.54, 1.807) is 18.2 Å². The third-order valence-electron chi connectivity index (χ3n) is 4.86. The van der Waals surface area contributed by atoms with Crippen LogP contribution in [0, 0.1) is 0 Å². The molecule has 0 atom stereocenters. The van der Waals surface area contributed by atoms with Gasteiger partial charge in [-0.2, -0.15) is 0 Å². The number of nitrogens with zero attached hydrogens (tertiary/aromatic N) is 1. The zero-order valence-electron chi connectivity index (χ0n) is 18.2. The molecule has 3 aromatic carbocycles. The number of thioether (sulfide) groups is 1. The predicted molar refractivity (Wildman–Crippen MR) is 156 cm³/mol. The molecule has 4 nitrogen and oxygen atoms in total. The molecule has 0 spiro atoms. The van der Waals surface area contributed by atoms with Crippen molar-refractivity contribution in [1.82, 2.24) is 0 Å². The van der Waals surface area contributed by atoms with E-state index in [2.05, 4.69) is 31.9 Å². The van der Waals surface area contributed by atoms with E-state index in [-0.39, 0.29) is 12.5 Å². The van der Waals surface area contributed by atoms with Gasteiger partial charge in [-0.25, -0.2) is 0 Å². The fourth-order valence-corrected chi connectivity index (χ4v) is 5.90. The molecule has 1 aliphatic rings. The third-order valence-corrected chi connectivity index (χ3v) is 7.98. The van der Waals surface area contributed by atoms with Crippen LogP contribution in [0.2, 0.25) is 10.0 Å². The zero-order valence-corrected chi connectivity index (χ0v) is 24.5. The fourth-order valence-electron chi connectivity index (χ4n) is 3.32. The summed E-state index contributed by atoms with van der Waals surface area (Å²) in [5.74, 6) is 0.930. The van der Waals surface area contributed by atoms with Crippen molar-refractivity contribution in [1.29, 1.82) is 0 Å². The van der Waals surface area contributed by atoms with Crippen LogP contribution in [-0.4, -0.2) is 16.8 Å². The van der Waals surface area contributed by atoms with Crippen LogP contribution in [0.4, 0.5) is 5.69 Å². The van der Waals surface area contributed by atoms with Gasteiger partial charge in [0.05, 0.1) is 31.7 Å². The minimum atomic E-state index is -0.174. The molecule has 0 radical (unpaired) electrons. The van der Waals surface area contributed by atoms with Gasteiger partial charge in [0.2, 0.25) is 0 Å². The van der Waals surface area contributed by atoms with Crippen molar-refractivity contribution in [3.05, 3.63) is 89.6 Å². The van der Waals surface area contributed by atoms with Crippen molar-refractivity contribution >= 4 is 101 Å². The lowest BCUT2D eigenvalue weighted by Gasteiger charge is -2.15. The van der Waals surface area contributed by atoms with E-state index in [4.69, 9.17) is 44.9 Å². The Labute approximate surface area is 239 Å². The van der Waals surface area contributed by atoms with Crippen molar-refractivity contribution in [3.63, 3.8) is 0 Å². The standard InChI is InChI=1S/C25H17Br2Cl2NO3S2/c1-2-32-21-10-15(8-18(27)23(21)33-13-14-6-7-19(28)20(29)9-14)11-22-24(31)30(25(34)35-22)17-5-3-4-16(26)12-17/h3-12H,2,13H2,1H3/b22-11+. The molecule has 0 unspecified atom stereocenters. The zero-order chi connectivity index (χ0) is 25.1. The predicted octanol–water partition coefficient (Wildman–Crippen LogP) is 8.90. The average molecular weight is 674 g/mol. The molecule has 180 valence electrons. The lowest BCUT2D eigenvalue weighted by atomic mass is 10.1. The Hall–Kier alpha value is -1.55. The Morgan fingerprint density at radius 3 is 2.57 bits per heavy atom. The number of ether oxygens (including phenoxy) is 2. The quantitative estimate of drug-likeness (QED) is 0.185. The lowest BCUT2D eigenvalue weighted by molar-refractivity contribution is -0.113. The topological polar surface area (TPSA) is 38.8 Å². The third kappa shape index (κ3) is 6.24. The number of thiocarbonyl (C=S) groups is 1. The summed E-state index contributed by atoms with van der Waals surface area (Å²) in [6, 6.07) is 16.5. The van der Waals surface area contributed by atoms with Gasteiger partial charge in [0, 0.05) is 4.47 Å². The van der Waals surface area contributed by atoms with Gasteiger partial charge in [-0.15, -0.1) is 0 Å². The number of benzene rings is 3. The highest BCUT2D eigenvalue weighted by atomic mass is 79.9. The Kier molecular flexibility index (Phi) is 8.84. The number of amides is 1. The first-order chi connectivity index (χ1) is 16.8. The molecule has 35 heavy (non-hydrogen) atoms. The second-order valence-corrected chi connectivity index (χ2v) is 11.6. The van der Waals surface area contributed by atoms with Crippen molar-refractivity contribution in [2.45, 2.75) is 13.5 Å². The van der Waals surface area contributed by atoms with Crippen LogP contribution < -0.4 is 14.4 Å². The summed E-state index contributed by atoms with van der Waals surface area (Å²) in [4.78, 5) is 15.2. The monoisotopic (exact) mass is 671 g/mol. The molecule has 0 bridgehead atoms. The molecule has 0 saturated carbocycles. The van der Waals surface area contributed by atoms with Gasteiger partial charge in [-0.3, -0.25) is 9.69 Å². The molecular formula is C25H17Br2Cl2NO3S2. The summed E-state index contributed by atoms with van der Waals surface area (Å²) in [5, 5.41) is 0.952. The molecule has 3 aromatic rings. The van der Waals surface area contributed by atoms with E-state index < -0.39 is 0 Å². The highest BCUT2D eigenvalue weighted by Crippen LogP contribution is 2.41. The summed E-state index contributed by atoms with van der Waals surface area (Å²) >= 11 is 25.9. The van der Waals surface area contributed by atoms with Crippen LogP contribution in [0.3, 0.4) is 0 Å². The van der Waals surface area contributed by atoms with Gasteiger partial charge in [-0.05, 0) is 82.5 Å². The number of hydrogen-bond acceptors (Lipinski definition) is 5. The van der Waals surface area contributed by atoms with E-state index in [0.29, 0.717) is 47.5 Å². The van der Waals surface area contributed by atoms with Gasteiger partial charge in [0.15, 0.2) is 15.8 Å². The first-order valence-electron chi connectivity index (χ1n) is 10.3. The van der Waals surface area contributed by atoms with Crippen molar-refractivity contribution in [2.24, 2.45) is 0 Å². The molecule has 1 amide bonds. The normalized spacial score (nSPS) is 14.7. The highest BCUT2D eigenvalue weighted by Gasteiger charge is 2.33. The smallest absolute Gasteiger partial charge is 0.270 e. The first-order valence-corrected chi connectivity index (χ1v) is 13.9. The molecule has 1 aliphatic heterocycles. The summed E-state index contributed by atoms with van der Waals surface area (Å²) in [5.41, 5.74) is 2.36. The van der Waals surface area contributed by atoms with E-state index in [1.165, 1.54) is 16.7 Å². The van der Waals surface area contributed by atoms with Crippen molar-refractivity contribution in [2.75, 3.05) is 11.5 Å². The number of carbonyl (C=O) groups is 1. The van der Waals surface area contributed by atoms with E-state index >= 15 is 0 Å². The first kappa shape index (κ1) is 26.5. The maximum Gasteiger partial charge on any atom is 0.270 e. The van der Waals surface area contributed by atoms with Crippen LogP contribution in [-0.2, 0) is 11.4 Å². The lowest BCUT2D eigenvalue weighted by Crippen LogP contribution is -2.27. The number of halogens is 4. The molecule has 10 heteroatoms. The Balaban J connectivity index is 1.60. The van der Waals surface area contributed by atoms with Crippen LogP contribution in [0.5, 0.6) is 11.5 Å². The maximum absolute atomic E-state index is 13.2. The molecule has 0 aromatic heterocycles. The van der Waals surface area contributed by atoms with Gasteiger partial charge >= 0.3 is 0 Å². The molecule has 0 aliphatic carbocycles. The van der Waals surface area contributed by atoms with E-state index in [1.807, 2.05) is 49.4 Å². The van der Waals surface area contributed by atoms with E-state index in [9.17, 15) is 4.79 Å². The second-order valence-electron chi connectivity index (χ2n) is 7.30. The Morgan fingerprint density at radius 2 is 1.86 bits per heavy atom. The van der Waals surface area contributed by atoms with Gasteiger partial charge in [0.1, 0.15) is 6.61 Å². The van der Waals surface area contributed by atoms with Gasteiger partial charge in [-0.1, -0.05) is 75.2 Å². The number of carbonyl (C=O) groups excluding carboxylic acids is 1. The van der Waals surface area contributed by atoms with Crippen LogP contribution in [0.1, 0.15) is 18.1 Å². The van der Waals surface area contributed by atoms with Gasteiger partial charge < -0.3 is 9.47 Å². The minimum Gasteiger partial charge on any atom is -0.490 e. The Morgan fingerprint density at radius 1 is 1.06 bits per heavy atom. The van der Waals surface area contributed by atoms with Crippen molar-refractivity contribution < 1.29 is 14.3 Å². The fraction of sp³-hybridized carbons (Fsp3) is 0.120. The van der Waals surface area contributed by atoms with Gasteiger partial charge in [0.25, 0.3) is 5.91 Å². The molecule has 1 saturated heterocycles. The number of anilines is 1. The highest BCUT2D eigenvalue weighted by molar-refractivity contribution is 9.10. The largest absolute Gasteiger partial charge is 0.490 e. The SMILES string of the molecule is CCOc1cc(/C=C2/SC(=S)N(c3cccc(Br)c3)C2=O)cc(Br)c1OCc1ccc(Cl)c(Cl)c1. The summed E-state index contributed by atoms with van der Waals surface area (Å²) in [6.07, 6.45) is 1.80. The number of hydrogen-bond donors (Lipinski definition) is 0. The minimum absolute atomic E-state index is 0.174. The maximum atomic E-state index is 13.2. The Bertz CT molecular complexity index is 1350. The van der Waals surface area contributed by atoms with Crippen molar-refractivity contribution in [3.8, 4) is 11.5 Å². The molecule has 4 rings (SSSR count). The summed E-state index contributed by atoms with van der Waals surface area (Å²) in [7, 11) is 0. The molecule has 1 heterocycles.